The van der Waals surface area contributed by atoms with E-state index >= 15 is 0 Å². The van der Waals surface area contributed by atoms with Crippen LogP contribution in [0.4, 0.5) is 0 Å². The van der Waals surface area contributed by atoms with E-state index in [2.05, 4.69) is 13.8 Å². The predicted octanol–water partition coefficient (Wildman–Crippen LogP) is 4.42. The van der Waals surface area contributed by atoms with Crippen LogP contribution >= 0.6 is 0 Å². The number of aliphatic carboxylic acids is 1. The first-order valence-electron chi connectivity index (χ1n) is 8.90. The maximum atomic E-state index is 11.9. The van der Waals surface area contributed by atoms with Gasteiger partial charge in [0, 0.05) is 0 Å². The minimum absolute atomic E-state index is 0.0818. The van der Waals surface area contributed by atoms with Crippen LogP contribution in [-0.2, 0) is 14.3 Å². The smallest absolute Gasteiger partial charge is 0.308 e. The van der Waals surface area contributed by atoms with Gasteiger partial charge in [0.1, 0.15) is 0 Å². The van der Waals surface area contributed by atoms with Crippen LogP contribution in [0.1, 0.15) is 78.1 Å². The van der Waals surface area contributed by atoms with Crippen molar-refractivity contribution in [3.05, 3.63) is 0 Å². The van der Waals surface area contributed by atoms with Crippen molar-refractivity contribution in [2.24, 2.45) is 17.8 Å². The Balaban J connectivity index is 1.99. The summed E-state index contributed by atoms with van der Waals surface area (Å²) in [5, 5.41) is 8.94. The summed E-state index contributed by atoms with van der Waals surface area (Å²) in [6, 6.07) is 0. The molecule has 1 saturated carbocycles. The molecule has 0 radical (unpaired) electrons. The van der Waals surface area contributed by atoms with Gasteiger partial charge in [-0.25, -0.2) is 0 Å². The molecule has 0 spiro atoms. The molecule has 1 aliphatic carbocycles. The van der Waals surface area contributed by atoms with Gasteiger partial charge in [0.2, 0.25) is 0 Å². The second kappa shape index (κ2) is 10.6. The number of esters is 1. The number of hydrogen-bond acceptors (Lipinski definition) is 3. The molecule has 128 valence electrons. The Labute approximate surface area is 134 Å². The first-order chi connectivity index (χ1) is 10.5. The molecule has 1 rings (SSSR count). The molecule has 1 N–H and O–H groups in total. The lowest BCUT2D eigenvalue weighted by Gasteiger charge is -2.24. The Kier molecular flexibility index (Phi) is 9.17. The number of unbranched alkanes of at least 4 members (excludes halogenated alkanes) is 4. The van der Waals surface area contributed by atoms with E-state index in [9.17, 15) is 9.59 Å². The number of carboxylic acid groups (broad SMARTS) is 1. The highest BCUT2D eigenvalue weighted by Crippen LogP contribution is 2.29. The van der Waals surface area contributed by atoms with Gasteiger partial charge >= 0.3 is 11.9 Å². The molecular weight excluding hydrogens is 280 g/mol. The van der Waals surface area contributed by atoms with E-state index in [0.717, 1.165) is 18.8 Å². The van der Waals surface area contributed by atoms with E-state index < -0.39 is 5.97 Å². The summed E-state index contributed by atoms with van der Waals surface area (Å²) in [5.74, 6) is -0.415. The summed E-state index contributed by atoms with van der Waals surface area (Å²) in [6.45, 7) is 5.02. The van der Waals surface area contributed by atoms with Gasteiger partial charge in [-0.1, -0.05) is 46.0 Å². The molecule has 0 aromatic carbocycles. The lowest BCUT2D eigenvalue weighted by molar-refractivity contribution is -0.152. The highest BCUT2D eigenvalue weighted by molar-refractivity contribution is 5.74. The average molecular weight is 312 g/mol. The largest absolute Gasteiger partial charge is 0.481 e. The average Bonchev–Trinajstić information content (AvgIpc) is 2.49. The first kappa shape index (κ1) is 19.0. The topological polar surface area (TPSA) is 63.6 Å². The van der Waals surface area contributed by atoms with Gasteiger partial charge in [-0.2, -0.15) is 0 Å². The zero-order valence-corrected chi connectivity index (χ0v) is 14.2. The summed E-state index contributed by atoms with van der Waals surface area (Å²) in [4.78, 5) is 22.8. The summed E-state index contributed by atoms with van der Waals surface area (Å²) >= 11 is 0. The molecule has 0 unspecified atom stereocenters. The maximum absolute atomic E-state index is 11.9. The lowest BCUT2D eigenvalue weighted by Crippen LogP contribution is -2.27. The van der Waals surface area contributed by atoms with Crippen LogP contribution in [-0.4, -0.2) is 23.7 Å². The van der Waals surface area contributed by atoms with Crippen molar-refractivity contribution in [2.75, 3.05) is 6.61 Å². The lowest BCUT2D eigenvalue weighted by atomic mass is 9.82. The Morgan fingerprint density at radius 2 is 1.50 bits per heavy atom. The van der Waals surface area contributed by atoms with E-state index in [1.165, 1.54) is 25.7 Å². The molecule has 0 aromatic rings. The summed E-state index contributed by atoms with van der Waals surface area (Å²) in [5.41, 5.74) is 0. The molecule has 0 aromatic heterocycles. The van der Waals surface area contributed by atoms with Crippen molar-refractivity contribution in [3.63, 3.8) is 0 Å². The van der Waals surface area contributed by atoms with E-state index in [4.69, 9.17) is 9.84 Å². The Morgan fingerprint density at radius 3 is 2.09 bits per heavy atom. The highest BCUT2D eigenvalue weighted by Gasteiger charge is 2.30. The first-order valence-corrected chi connectivity index (χ1v) is 8.90. The van der Waals surface area contributed by atoms with Crippen molar-refractivity contribution in [1.82, 2.24) is 0 Å². The van der Waals surface area contributed by atoms with Crippen LogP contribution in [0.3, 0.4) is 0 Å². The number of hydrogen-bond donors (Lipinski definition) is 1. The SMILES string of the molecule is CC(C)CCCCCCCOC(=O)C1CCC(C(=O)O)CC1. The fourth-order valence-corrected chi connectivity index (χ4v) is 3.05. The minimum Gasteiger partial charge on any atom is -0.481 e. The Morgan fingerprint density at radius 1 is 0.955 bits per heavy atom. The second-order valence-corrected chi connectivity index (χ2v) is 7.00. The standard InChI is InChI=1S/C18H32O4/c1-14(2)8-6-4-3-5-7-13-22-18(21)16-11-9-15(10-12-16)17(19)20/h14-16H,3-13H2,1-2H3,(H,19,20). The van der Waals surface area contributed by atoms with Crippen LogP contribution in [0.15, 0.2) is 0 Å². The van der Waals surface area contributed by atoms with Gasteiger partial charge in [-0.15, -0.1) is 0 Å². The number of ether oxygens (including phenoxy) is 1. The molecule has 0 aliphatic heterocycles. The fraction of sp³-hybridized carbons (Fsp3) is 0.889. The monoisotopic (exact) mass is 312 g/mol. The number of carbonyl (C=O) groups is 2. The van der Waals surface area contributed by atoms with Gasteiger partial charge in [-0.05, 0) is 38.0 Å². The molecule has 0 heterocycles. The van der Waals surface area contributed by atoms with E-state index in [1.54, 1.807) is 0 Å². The summed E-state index contributed by atoms with van der Waals surface area (Å²) < 4.78 is 5.34. The van der Waals surface area contributed by atoms with Crippen LogP contribution in [0, 0.1) is 17.8 Å². The van der Waals surface area contributed by atoms with Crippen LogP contribution < -0.4 is 0 Å². The molecule has 4 heteroatoms. The molecule has 0 saturated heterocycles. The van der Waals surface area contributed by atoms with Crippen LogP contribution in [0.5, 0.6) is 0 Å². The van der Waals surface area contributed by atoms with Gasteiger partial charge in [-0.3, -0.25) is 9.59 Å². The molecule has 1 fully saturated rings. The van der Waals surface area contributed by atoms with Gasteiger partial charge < -0.3 is 9.84 Å². The Bertz CT molecular complexity index is 330. The molecule has 22 heavy (non-hydrogen) atoms. The zero-order chi connectivity index (χ0) is 16.4. The fourth-order valence-electron chi connectivity index (χ4n) is 3.05. The molecule has 0 amide bonds. The van der Waals surface area contributed by atoms with Crippen LogP contribution in [0.25, 0.3) is 0 Å². The third kappa shape index (κ3) is 7.81. The summed E-state index contributed by atoms with van der Waals surface area (Å²) in [6.07, 6.45) is 9.67. The van der Waals surface area contributed by atoms with E-state index in [1.807, 2.05) is 0 Å². The van der Waals surface area contributed by atoms with E-state index in [0.29, 0.717) is 32.3 Å². The molecule has 1 aliphatic rings. The Hall–Kier alpha value is -1.06. The highest BCUT2D eigenvalue weighted by atomic mass is 16.5. The molecular formula is C18H32O4. The third-order valence-corrected chi connectivity index (χ3v) is 4.58. The minimum atomic E-state index is -0.732. The molecule has 4 nitrogen and oxygen atoms in total. The normalized spacial score (nSPS) is 21.8. The van der Waals surface area contributed by atoms with Crippen molar-refractivity contribution in [3.8, 4) is 0 Å². The quantitative estimate of drug-likeness (QED) is 0.479. The van der Waals surface area contributed by atoms with Gasteiger partial charge in [0.25, 0.3) is 0 Å². The predicted molar refractivity (Wildman–Crippen MR) is 86.6 cm³/mol. The van der Waals surface area contributed by atoms with Crippen molar-refractivity contribution in [1.29, 1.82) is 0 Å². The van der Waals surface area contributed by atoms with Crippen LogP contribution in [0.2, 0.25) is 0 Å². The van der Waals surface area contributed by atoms with E-state index in [-0.39, 0.29) is 17.8 Å². The van der Waals surface area contributed by atoms with Crippen molar-refractivity contribution < 1.29 is 19.4 Å². The second-order valence-electron chi connectivity index (χ2n) is 7.00. The van der Waals surface area contributed by atoms with Gasteiger partial charge in [0.05, 0.1) is 18.4 Å². The zero-order valence-electron chi connectivity index (χ0n) is 14.2. The van der Waals surface area contributed by atoms with Crippen molar-refractivity contribution in [2.45, 2.75) is 78.1 Å². The third-order valence-electron chi connectivity index (χ3n) is 4.58. The number of rotatable bonds is 10. The molecule has 0 bridgehead atoms. The van der Waals surface area contributed by atoms with Crippen molar-refractivity contribution >= 4 is 11.9 Å². The molecule has 0 atom stereocenters. The number of carboxylic acids is 1. The number of carbonyl (C=O) groups excluding carboxylic acids is 1. The maximum Gasteiger partial charge on any atom is 0.308 e. The summed E-state index contributed by atoms with van der Waals surface area (Å²) in [7, 11) is 0. The van der Waals surface area contributed by atoms with Gasteiger partial charge in [0.15, 0.2) is 0 Å².